The Labute approximate surface area is 148 Å². The highest BCUT2D eigenvalue weighted by Crippen LogP contribution is 2.37. The molecular formula is C16H14NO5S2-. The molecule has 0 saturated carbocycles. The number of ether oxygens (including phenoxy) is 2. The average Bonchev–Trinajstić information content (AvgIpc) is 2.81. The maximum atomic E-state index is 12.4. The maximum absolute atomic E-state index is 12.4. The zero-order chi connectivity index (χ0) is 17.7. The number of aliphatic carboxylic acids is 1. The third-order valence-corrected chi connectivity index (χ3v) is 4.41. The van der Waals surface area contributed by atoms with E-state index in [2.05, 4.69) is 6.58 Å². The first-order valence-electron chi connectivity index (χ1n) is 6.83. The second kappa shape index (κ2) is 7.98. The van der Waals surface area contributed by atoms with Crippen molar-refractivity contribution < 1.29 is 24.2 Å². The van der Waals surface area contributed by atoms with Crippen LogP contribution in [0.4, 0.5) is 0 Å². The number of carboxylic acid groups (broad SMARTS) is 1. The smallest absolute Gasteiger partial charge is 0.266 e. The van der Waals surface area contributed by atoms with E-state index in [1.807, 2.05) is 0 Å². The highest BCUT2D eigenvalue weighted by molar-refractivity contribution is 8.26. The summed E-state index contributed by atoms with van der Waals surface area (Å²) in [7, 11) is 1.44. The molecule has 1 aromatic carbocycles. The van der Waals surface area contributed by atoms with E-state index >= 15 is 0 Å². The van der Waals surface area contributed by atoms with E-state index in [0.29, 0.717) is 27.1 Å². The van der Waals surface area contributed by atoms with Crippen molar-refractivity contribution in [1.82, 2.24) is 4.90 Å². The van der Waals surface area contributed by atoms with Crippen molar-refractivity contribution >= 4 is 46.3 Å². The second-order valence-electron chi connectivity index (χ2n) is 4.62. The van der Waals surface area contributed by atoms with Crippen LogP contribution in [0.3, 0.4) is 0 Å². The molecule has 6 nitrogen and oxygen atoms in total. The van der Waals surface area contributed by atoms with Crippen molar-refractivity contribution in [3.05, 3.63) is 41.3 Å². The van der Waals surface area contributed by atoms with Crippen molar-refractivity contribution in [2.75, 3.05) is 20.3 Å². The summed E-state index contributed by atoms with van der Waals surface area (Å²) in [6.07, 6.45) is 3.18. The number of nitrogens with zero attached hydrogens (tertiary/aromatic N) is 1. The fraction of sp³-hybridized carbons (Fsp3) is 0.188. The molecule has 1 fully saturated rings. The van der Waals surface area contributed by atoms with Crippen LogP contribution in [-0.2, 0) is 9.59 Å². The number of carbonyl (C=O) groups excluding carboxylic acids is 2. The van der Waals surface area contributed by atoms with E-state index in [0.717, 1.165) is 11.8 Å². The second-order valence-corrected chi connectivity index (χ2v) is 6.30. The van der Waals surface area contributed by atoms with Gasteiger partial charge in [0.2, 0.25) is 0 Å². The molecule has 1 heterocycles. The Kier molecular flexibility index (Phi) is 5.99. The third-order valence-electron chi connectivity index (χ3n) is 3.04. The summed E-state index contributed by atoms with van der Waals surface area (Å²) in [6.45, 7) is 3.30. The summed E-state index contributed by atoms with van der Waals surface area (Å²) in [5, 5.41) is 10.7. The lowest BCUT2D eigenvalue weighted by Crippen LogP contribution is -2.29. The quantitative estimate of drug-likeness (QED) is 0.409. The molecule has 1 aromatic rings. The van der Waals surface area contributed by atoms with Crippen LogP contribution in [0.1, 0.15) is 5.56 Å². The Hall–Kier alpha value is -2.32. The Morgan fingerprint density at radius 1 is 1.50 bits per heavy atom. The molecule has 1 aliphatic heterocycles. The first-order valence-corrected chi connectivity index (χ1v) is 8.06. The van der Waals surface area contributed by atoms with E-state index < -0.39 is 12.6 Å². The molecule has 0 atom stereocenters. The van der Waals surface area contributed by atoms with Gasteiger partial charge in [0.25, 0.3) is 5.91 Å². The molecule has 0 aromatic heterocycles. The standard InChI is InChI=1S/C16H15NO5S2/c1-3-7-17-15(20)12(24-16(17)23)8-10-5-4-6-11(21-2)14(10)22-9-13(18)19/h3-6,8H,1,7,9H2,2H3,(H,18,19)/p-1/b12-8-. The van der Waals surface area contributed by atoms with Gasteiger partial charge in [-0.2, -0.15) is 0 Å². The lowest BCUT2D eigenvalue weighted by atomic mass is 10.1. The molecule has 126 valence electrons. The summed E-state index contributed by atoms with van der Waals surface area (Å²) < 4.78 is 10.9. The Balaban J connectivity index is 2.38. The number of thioether (sulfide) groups is 1. The van der Waals surface area contributed by atoms with E-state index in [1.165, 1.54) is 12.0 Å². The summed E-state index contributed by atoms with van der Waals surface area (Å²) in [5.74, 6) is -1.02. The highest BCUT2D eigenvalue weighted by atomic mass is 32.2. The minimum atomic E-state index is -1.36. The Morgan fingerprint density at radius 3 is 2.88 bits per heavy atom. The first kappa shape index (κ1) is 18.0. The number of methoxy groups -OCH3 is 1. The lowest BCUT2D eigenvalue weighted by Gasteiger charge is -2.14. The van der Waals surface area contributed by atoms with Crippen molar-refractivity contribution in [3.8, 4) is 11.5 Å². The molecule has 0 N–H and O–H groups in total. The van der Waals surface area contributed by atoms with Gasteiger partial charge in [-0.1, -0.05) is 42.2 Å². The van der Waals surface area contributed by atoms with Crippen molar-refractivity contribution in [2.24, 2.45) is 0 Å². The van der Waals surface area contributed by atoms with Crippen molar-refractivity contribution in [3.63, 3.8) is 0 Å². The summed E-state index contributed by atoms with van der Waals surface area (Å²) in [4.78, 5) is 24.9. The maximum Gasteiger partial charge on any atom is 0.266 e. The molecular weight excluding hydrogens is 350 g/mol. The SMILES string of the molecule is C=CCN1C(=O)/C(=C/c2cccc(OC)c2OCC(=O)[O-])SC1=S. The van der Waals surface area contributed by atoms with Gasteiger partial charge in [0.05, 0.1) is 18.0 Å². The normalized spacial score (nSPS) is 15.7. The predicted octanol–water partition coefficient (Wildman–Crippen LogP) is 1.21. The van der Waals surface area contributed by atoms with E-state index in [4.69, 9.17) is 21.7 Å². The topological polar surface area (TPSA) is 78.9 Å². The molecule has 1 saturated heterocycles. The number of carbonyl (C=O) groups is 2. The van der Waals surface area contributed by atoms with Crippen LogP contribution in [0.15, 0.2) is 35.8 Å². The van der Waals surface area contributed by atoms with Crippen LogP contribution in [0.25, 0.3) is 6.08 Å². The fourth-order valence-electron chi connectivity index (χ4n) is 2.02. The van der Waals surface area contributed by atoms with Gasteiger partial charge in [-0.3, -0.25) is 9.69 Å². The van der Waals surface area contributed by atoms with E-state index in [-0.39, 0.29) is 11.7 Å². The summed E-state index contributed by atoms with van der Waals surface area (Å²) in [6, 6.07) is 5.03. The van der Waals surface area contributed by atoms with Crippen LogP contribution in [0.5, 0.6) is 11.5 Å². The van der Waals surface area contributed by atoms with Crippen LogP contribution in [0, 0.1) is 0 Å². The fourth-order valence-corrected chi connectivity index (χ4v) is 3.29. The summed E-state index contributed by atoms with van der Waals surface area (Å²) in [5.41, 5.74) is 0.509. The third kappa shape index (κ3) is 3.95. The van der Waals surface area contributed by atoms with Gasteiger partial charge in [0.15, 0.2) is 11.5 Å². The van der Waals surface area contributed by atoms with Crippen LogP contribution in [-0.4, -0.2) is 41.4 Å². The Bertz CT molecular complexity index is 729. The molecule has 1 aliphatic rings. The number of hydrogen-bond donors (Lipinski definition) is 0. The van der Waals surface area contributed by atoms with Gasteiger partial charge in [0.1, 0.15) is 10.9 Å². The number of thiocarbonyl (C=S) groups is 1. The minimum Gasteiger partial charge on any atom is -0.546 e. The molecule has 0 spiro atoms. The highest BCUT2D eigenvalue weighted by Gasteiger charge is 2.31. The number of amides is 1. The van der Waals surface area contributed by atoms with Crippen LogP contribution < -0.4 is 14.6 Å². The molecule has 24 heavy (non-hydrogen) atoms. The number of para-hydroxylation sites is 1. The van der Waals surface area contributed by atoms with Gasteiger partial charge in [-0.25, -0.2) is 0 Å². The number of hydrogen-bond acceptors (Lipinski definition) is 7. The van der Waals surface area contributed by atoms with Gasteiger partial charge >= 0.3 is 0 Å². The minimum absolute atomic E-state index is 0.221. The zero-order valence-electron chi connectivity index (χ0n) is 12.8. The van der Waals surface area contributed by atoms with Crippen LogP contribution >= 0.6 is 24.0 Å². The van der Waals surface area contributed by atoms with Crippen LogP contribution in [0.2, 0.25) is 0 Å². The van der Waals surface area contributed by atoms with E-state index in [9.17, 15) is 14.7 Å². The Morgan fingerprint density at radius 2 is 2.25 bits per heavy atom. The lowest BCUT2D eigenvalue weighted by molar-refractivity contribution is -0.307. The monoisotopic (exact) mass is 364 g/mol. The molecule has 8 heteroatoms. The van der Waals surface area contributed by atoms with Gasteiger partial charge in [-0.05, 0) is 12.1 Å². The predicted molar refractivity (Wildman–Crippen MR) is 93.6 cm³/mol. The van der Waals surface area contributed by atoms with Gasteiger partial charge < -0.3 is 19.4 Å². The zero-order valence-corrected chi connectivity index (χ0v) is 14.4. The molecule has 0 bridgehead atoms. The first-order chi connectivity index (χ1) is 11.5. The molecule has 0 aliphatic carbocycles. The number of rotatable bonds is 7. The summed E-state index contributed by atoms with van der Waals surface area (Å²) >= 11 is 6.34. The number of benzene rings is 1. The number of carboxylic acids is 1. The molecule has 2 rings (SSSR count). The van der Waals surface area contributed by atoms with Gasteiger partial charge in [0, 0.05) is 12.1 Å². The van der Waals surface area contributed by atoms with E-state index in [1.54, 1.807) is 30.4 Å². The molecule has 0 unspecified atom stereocenters. The molecule has 1 amide bonds. The van der Waals surface area contributed by atoms with Crippen molar-refractivity contribution in [2.45, 2.75) is 0 Å². The van der Waals surface area contributed by atoms with Crippen molar-refractivity contribution in [1.29, 1.82) is 0 Å². The van der Waals surface area contributed by atoms with Gasteiger partial charge in [-0.15, -0.1) is 6.58 Å². The molecule has 0 radical (unpaired) electrons. The largest absolute Gasteiger partial charge is 0.546 e. The average molecular weight is 364 g/mol.